The van der Waals surface area contributed by atoms with Crippen LogP contribution in [0, 0.1) is 12.8 Å². The molecule has 0 amide bonds. The molecule has 1 heterocycles. The van der Waals surface area contributed by atoms with Crippen LogP contribution < -0.4 is 4.74 Å². The highest BCUT2D eigenvalue weighted by Crippen LogP contribution is 2.23. The average molecular weight is 311 g/mol. The van der Waals surface area contributed by atoms with Gasteiger partial charge >= 0.3 is 0 Å². The van der Waals surface area contributed by atoms with Gasteiger partial charge in [0.1, 0.15) is 5.75 Å². The third-order valence-corrected chi connectivity index (χ3v) is 6.07. The first-order valence-corrected chi connectivity index (χ1v) is 9.30. The molecule has 0 aromatic heterocycles. The van der Waals surface area contributed by atoms with Gasteiger partial charge in [-0.3, -0.25) is 0 Å². The number of para-hydroxylation sites is 1. The van der Waals surface area contributed by atoms with E-state index in [4.69, 9.17) is 4.74 Å². The molecule has 1 aliphatic heterocycles. The van der Waals surface area contributed by atoms with E-state index < -0.39 is 10.0 Å². The van der Waals surface area contributed by atoms with Crippen LogP contribution in [0.2, 0.25) is 0 Å². The third-order valence-electron chi connectivity index (χ3n) is 4.00. The Bertz CT molecular complexity index is 548. The number of benzene rings is 1. The molecule has 0 saturated carbocycles. The fourth-order valence-electron chi connectivity index (χ4n) is 2.67. The minimum absolute atomic E-state index is 0.261. The van der Waals surface area contributed by atoms with Gasteiger partial charge in [-0.05, 0) is 43.7 Å². The van der Waals surface area contributed by atoms with E-state index in [1.54, 1.807) is 4.31 Å². The van der Waals surface area contributed by atoms with Crippen molar-refractivity contribution in [2.45, 2.75) is 33.1 Å². The molecule has 0 aliphatic carbocycles. The SMILES string of the molecule is CCCS(=O)(=O)N1CCC(COc2ccccc2C)CC1. The van der Waals surface area contributed by atoms with Crippen molar-refractivity contribution in [1.29, 1.82) is 0 Å². The number of piperidine rings is 1. The van der Waals surface area contributed by atoms with E-state index in [9.17, 15) is 8.42 Å². The maximum absolute atomic E-state index is 12.0. The number of sulfonamides is 1. The number of ether oxygens (including phenoxy) is 1. The van der Waals surface area contributed by atoms with Crippen LogP contribution in [-0.2, 0) is 10.0 Å². The Morgan fingerprint density at radius 2 is 1.90 bits per heavy atom. The molecule has 2 rings (SSSR count). The molecule has 0 atom stereocenters. The first-order valence-electron chi connectivity index (χ1n) is 7.69. The first kappa shape index (κ1) is 16.3. The zero-order valence-corrected chi connectivity index (χ0v) is 13.7. The molecule has 0 spiro atoms. The summed E-state index contributed by atoms with van der Waals surface area (Å²) in [6.07, 6.45) is 2.45. The normalized spacial score (nSPS) is 17.8. The van der Waals surface area contributed by atoms with Gasteiger partial charge in [0.25, 0.3) is 0 Å². The van der Waals surface area contributed by atoms with Crippen LogP contribution in [0.15, 0.2) is 24.3 Å². The highest BCUT2D eigenvalue weighted by atomic mass is 32.2. The van der Waals surface area contributed by atoms with Gasteiger partial charge in [0.2, 0.25) is 10.0 Å². The van der Waals surface area contributed by atoms with Crippen LogP contribution in [0.25, 0.3) is 0 Å². The van der Waals surface area contributed by atoms with E-state index in [0.29, 0.717) is 32.0 Å². The average Bonchev–Trinajstić information content (AvgIpc) is 2.47. The van der Waals surface area contributed by atoms with Crippen molar-refractivity contribution < 1.29 is 13.2 Å². The van der Waals surface area contributed by atoms with Crippen molar-refractivity contribution in [3.05, 3.63) is 29.8 Å². The van der Waals surface area contributed by atoms with Crippen LogP contribution in [0.1, 0.15) is 31.7 Å². The predicted octanol–water partition coefficient (Wildman–Crippen LogP) is 2.83. The molecule has 4 nitrogen and oxygen atoms in total. The van der Waals surface area contributed by atoms with Gasteiger partial charge in [-0.1, -0.05) is 25.1 Å². The number of aryl methyl sites for hydroxylation is 1. The van der Waals surface area contributed by atoms with Crippen molar-refractivity contribution in [3.8, 4) is 5.75 Å². The number of nitrogens with zero attached hydrogens (tertiary/aromatic N) is 1. The molecule has 1 fully saturated rings. The lowest BCUT2D eigenvalue weighted by Gasteiger charge is -2.31. The standard InChI is InChI=1S/C16H25NO3S/c1-3-12-21(18,19)17-10-8-15(9-11-17)13-20-16-7-5-4-6-14(16)2/h4-7,15H,3,8-13H2,1-2H3. The molecule has 0 radical (unpaired) electrons. The molecule has 118 valence electrons. The van der Waals surface area contributed by atoms with Crippen molar-refractivity contribution in [2.24, 2.45) is 5.92 Å². The highest BCUT2D eigenvalue weighted by molar-refractivity contribution is 7.89. The molecule has 0 N–H and O–H groups in total. The lowest BCUT2D eigenvalue weighted by atomic mass is 9.99. The number of hydrogen-bond donors (Lipinski definition) is 0. The Balaban J connectivity index is 1.81. The summed E-state index contributed by atoms with van der Waals surface area (Å²) < 4.78 is 31.5. The summed E-state index contributed by atoms with van der Waals surface area (Å²) in [5.41, 5.74) is 1.14. The van der Waals surface area contributed by atoms with E-state index in [-0.39, 0.29) is 5.75 Å². The zero-order valence-electron chi connectivity index (χ0n) is 12.9. The lowest BCUT2D eigenvalue weighted by molar-refractivity contribution is 0.184. The van der Waals surface area contributed by atoms with Gasteiger partial charge < -0.3 is 4.74 Å². The minimum atomic E-state index is -3.04. The second kappa shape index (κ2) is 7.27. The number of rotatable bonds is 6. The van der Waals surface area contributed by atoms with Gasteiger partial charge in [0, 0.05) is 13.1 Å². The molecule has 1 aliphatic rings. The van der Waals surface area contributed by atoms with Crippen LogP contribution in [-0.4, -0.2) is 38.2 Å². The Labute approximate surface area is 128 Å². The smallest absolute Gasteiger partial charge is 0.214 e. The molecular weight excluding hydrogens is 286 g/mol. The molecule has 0 unspecified atom stereocenters. The van der Waals surface area contributed by atoms with E-state index in [2.05, 4.69) is 0 Å². The van der Waals surface area contributed by atoms with Crippen molar-refractivity contribution in [1.82, 2.24) is 4.31 Å². The van der Waals surface area contributed by atoms with Crippen LogP contribution in [0.5, 0.6) is 5.75 Å². The first-order chi connectivity index (χ1) is 10.0. The number of hydrogen-bond acceptors (Lipinski definition) is 3. The molecule has 5 heteroatoms. The van der Waals surface area contributed by atoms with Crippen molar-refractivity contribution in [2.75, 3.05) is 25.4 Å². The maximum Gasteiger partial charge on any atom is 0.214 e. The maximum atomic E-state index is 12.0. The second-order valence-electron chi connectivity index (χ2n) is 5.73. The van der Waals surface area contributed by atoms with Gasteiger partial charge in [-0.2, -0.15) is 0 Å². The molecule has 1 aromatic carbocycles. The minimum Gasteiger partial charge on any atom is -0.493 e. The van der Waals surface area contributed by atoms with E-state index in [0.717, 1.165) is 24.2 Å². The fourth-order valence-corrected chi connectivity index (χ4v) is 4.21. The molecular formula is C16H25NO3S. The molecule has 1 saturated heterocycles. The summed E-state index contributed by atoms with van der Waals surface area (Å²) in [4.78, 5) is 0. The summed E-state index contributed by atoms with van der Waals surface area (Å²) in [6, 6.07) is 7.99. The highest BCUT2D eigenvalue weighted by Gasteiger charge is 2.27. The Morgan fingerprint density at radius 1 is 1.24 bits per heavy atom. The summed E-state index contributed by atoms with van der Waals surface area (Å²) in [5, 5.41) is 0. The Hall–Kier alpha value is -1.07. The van der Waals surface area contributed by atoms with Gasteiger partial charge in [0.15, 0.2) is 0 Å². The van der Waals surface area contributed by atoms with Gasteiger partial charge in [0.05, 0.1) is 12.4 Å². The van der Waals surface area contributed by atoms with Gasteiger partial charge in [-0.25, -0.2) is 12.7 Å². The molecule has 0 bridgehead atoms. The third kappa shape index (κ3) is 4.45. The fraction of sp³-hybridized carbons (Fsp3) is 0.625. The zero-order chi connectivity index (χ0) is 15.3. The Morgan fingerprint density at radius 3 is 2.52 bits per heavy atom. The van der Waals surface area contributed by atoms with Crippen LogP contribution >= 0.6 is 0 Å². The quantitative estimate of drug-likeness (QED) is 0.811. The van der Waals surface area contributed by atoms with Gasteiger partial charge in [-0.15, -0.1) is 0 Å². The Kier molecular flexibility index (Phi) is 5.65. The summed E-state index contributed by atoms with van der Waals surface area (Å²) >= 11 is 0. The monoisotopic (exact) mass is 311 g/mol. The van der Waals surface area contributed by atoms with Crippen LogP contribution in [0.3, 0.4) is 0 Å². The largest absolute Gasteiger partial charge is 0.493 e. The molecule has 1 aromatic rings. The summed E-state index contributed by atoms with van der Waals surface area (Å²) in [6.45, 7) is 5.87. The summed E-state index contributed by atoms with van der Waals surface area (Å²) in [5.74, 6) is 1.63. The lowest BCUT2D eigenvalue weighted by Crippen LogP contribution is -2.40. The van der Waals surface area contributed by atoms with Crippen LogP contribution in [0.4, 0.5) is 0 Å². The topological polar surface area (TPSA) is 46.6 Å². The van der Waals surface area contributed by atoms with Crippen molar-refractivity contribution in [3.63, 3.8) is 0 Å². The van der Waals surface area contributed by atoms with E-state index in [1.807, 2.05) is 38.1 Å². The van der Waals surface area contributed by atoms with E-state index >= 15 is 0 Å². The summed E-state index contributed by atoms with van der Waals surface area (Å²) in [7, 11) is -3.04. The van der Waals surface area contributed by atoms with Crippen molar-refractivity contribution >= 4 is 10.0 Å². The predicted molar refractivity (Wildman–Crippen MR) is 85.0 cm³/mol. The second-order valence-corrected chi connectivity index (χ2v) is 7.82. The molecule has 21 heavy (non-hydrogen) atoms. The van der Waals surface area contributed by atoms with E-state index in [1.165, 1.54) is 0 Å².